The summed E-state index contributed by atoms with van der Waals surface area (Å²) in [6, 6.07) is 0. The molecule has 0 atom stereocenters. The summed E-state index contributed by atoms with van der Waals surface area (Å²) in [4.78, 5) is 2.23. The highest BCUT2D eigenvalue weighted by molar-refractivity contribution is 4.97. The van der Waals surface area contributed by atoms with Gasteiger partial charge in [0.25, 0.3) is 0 Å². The molecule has 0 N–H and O–H groups in total. The van der Waals surface area contributed by atoms with Crippen molar-refractivity contribution in [3.8, 4) is 0 Å². The first-order valence-electron chi connectivity index (χ1n) is 5.17. The van der Waals surface area contributed by atoms with E-state index < -0.39 is 5.92 Å². The Bertz CT molecular complexity index is 206. The Morgan fingerprint density at radius 3 is 2.29 bits per heavy atom. The van der Waals surface area contributed by atoms with Crippen LogP contribution >= 0.6 is 0 Å². The van der Waals surface area contributed by atoms with Gasteiger partial charge < -0.3 is 4.74 Å². The summed E-state index contributed by atoms with van der Waals surface area (Å²) < 4.78 is 30.7. The fraction of sp³-hybridized carbons (Fsp3) is 1.00. The van der Waals surface area contributed by atoms with Crippen LogP contribution in [0.2, 0.25) is 0 Å². The third-order valence-corrected chi connectivity index (χ3v) is 3.08. The zero-order valence-corrected chi connectivity index (χ0v) is 8.56. The lowest BCUT2D eigenvalue weighted by Crippen LogP contribution is -2.52. The summed E-state index contributed by atoms with van der Waals surface area (Å²) in [6.45, 7) is 6.02. The molecule has 0 aromatic carbocycles. The summed E-state index contributed by atoms with van der Waals surface area (Å²) >= 11 is 0. The second-order valence-corrected chi connectivity index (χ2v) is 4.91. The van der Waals surface area contributed by atoms with Crippen LogP contribution in [0.5, 0.6) is 0 Å². The molecule has 0 spiro atoms. The summed E-state index contributed by atoms with van der Waals surface area (Å²) in [5.41, 5.74) is -0.166. The molecule has 0 radical (unpaired) electrons. The summed E-state index contributed by atoms with van der Waals surface area (Å²) in [5.74, 6) is -2.40. The van der Waals surface area contributed by atoms with Crippen molar-refractivity contribution in [2.75, 3.05) is 32.8 Å². The minimum Gasteiger partial charge on any atom is -0.379 e. The van der Waals surface area contributed by atoms with E-state index in [9.17, 15) is 8.78 Å². The molecule has 82 valence electrons. The van der Waals surface area contributed by atoms with Crippen LogP contribution in [0.3, 0.4) is 0 Å². The van der Waals surface area contributed by atoms with Crippen molar-refractivity contribution >= 4 is 0 Å². The third kappa shape index (κ3) is 2.23. The Labute approximate surface area is 83.2 Å². The monoisotopic (exact) mass is 205 g/mol. The Morgan fingerprint density at radius 2 is 1.79 bits per heavy atom. The van der Waals surface area contributed by atoms with E-state index in [4.69, 9.17) is 4.74 Å². The molecule has 2 fully saturated rings. The van der Waals surface area contributed by atoms with E-state index in [1.54, 1.807) is 0 Å². The van der Waals surface area contributed by atoms with Crippen molar-refractivity contribution < 1.29 is 13.5 Å². The SMILES string of the molecule is CC1(CN2CCOCC2)CC(F)(F)C1. The smallest absolute Gasteiger partial charge is 0.249 e. The Hall–Kier alpha value is -0.220. The lowest BCUT2D eigenvalue weighted by molar-refractivity contribution is -0.164. The molecule has 2 nitrogen and oxygen atoms in total. The van der Waals surface area contributed by atoms with Gasteiger partial charge in [-0.25, -0.2) is 8.78 Å². The van der Waals surface area contributed by atoms with Gasteiger partial charge in [0.2, 0.25) is 5.92 Å². The predicted octanol–water partition coefficient (Wildman–Crippen LogP) is 1.75. The van der Waals surface area contributed by atoms with Crippen molar-refractivity contribution in [1.82, 2.24) is 4.90 Å². The first kappa shape index (κ1) is 10.3. The Balaban J connectivity index is 1.80. The van der Waals surface area contributed by atoms with Crippen molar-refractivity contribution in [3.63, 3.8) is 0 Å². The maximum atomic E-state index is 12.7. The van der Waals surface area contributed by atoms with Crippen molar-refractivity contribution in [1.29, 1.82) is 0 Å². The van der Waals surface area contributed by atoms with Crippen LogP contribution in [0.4, 0.5) is 8.78 Å². The van der Waals surface area contributed by atoms with E-state index in [0.29, 0.717) is 0 Å². The Kier molecular flexibility index (Phi) is 2.52. The van der Waals surface area contributed by atoms with E-state index >= 15 is 0 Å². The van der Waals surface area contributed by atoms with Crippen LogP contribution in [0, 0.1) is 5.41 Å². The van der Waals surface area contributed by atoms with E-state index in [1.807, 2.05) is 6.92 Å². The van der Waals surface area contributed by atoms with Gasteiger partial charge in [-0.2, -0.15) is 0 Å². The molecule has 0 unspecified atom stereocenters. The molecule has 1 saturated heterocycles. The first-order valence-corrected chi connectivity index (χ1v) is 5.17. The van der Waals surface area contributed by atoms with E-state index in [-0.39, 0.29) is 18.3 Å². The summed E-state index contributed by atoms with van der Waals surface area (Å²) in [7, 11) is 0. The van der Waals surface area contributed by atoms with Crippen molar-refractivity contribution in [2.45, 2.75) is 25.7 Å². The normalized spacial score (nSPS) is 31.1. The van der Waals surface area contributed by atoms with Gasteiger partial charge >= 0.3 is 0 Å². The number of alkyl halides is 2. The fourth-order valence-electron chi connectivity index (χ4n) is 2.61. The van der Waals surface area contributed by atoms with Gasteiger partial charge in [0.1, 0.15) is 0 Å². The molecule has 2 rings (SSSR count). The van der Waals surface area contributed by atoms with Gasteiger partial charge in [-0.05, 0) is 5.41 Å². The first-order chi connectivity index (χ1) is 6.49. The molecule has 0 bridgehead atoms. The molecule has 2 aliphatic rings. The maximum absolute atomic E-state index is 12.7. The number of hydrogen-bond acceptors (Lipinski definition) is 2. The van der Waals surface area contributed by atoms with Gasteiger partial charge in [0.15, 0.2) is 0 Å². The van der Waals surface area contributed by atoms with Crippen molar-refractivity contribution in [3.05, 3.63) is 0 Å². The molecular weight excluding hydrogens is 188 g/mol. The number of nitrogens with zero attached hydrogens (tertiary/aromatic N) is 1. The number of halogens is 2. The molecule has 1 aliphatic carbocycles. The average Bonchev–Trinajstić information content (AvgIpc) is 2.01. The van der Waals surface area contributed by atoms with Gasteiger partial charge in [0, 0.05) is 32.5 Å². The highest BCUT2D eigenvalue weighted by Gasteiger charge is 2.53. The maximum Gasteiger partial charge on any atom is 0.249 e. The van der Waals surface area contributed by atoms with Crippen LogP contribution in [-0.2, 0) is 4.74 Å². The van der Waals surface area contributed by atoms with Crippen LogP contribution in [-0.4, -0.2) is 43.7 Å². The number of rotatable bonds is 2. The average molecular weight is 205 g/mol. The molecule has 1 heterocycles. The van der Waals surface area contributed by atoms with E-state index in [0.717, 1.165) is 32.8 Å². The second kappa shape index (κ2) is 3.42. The second-order valence-electron chi connectivity index (χ2n) is 4.91. The summed E-state index contributed by atoms with van der Waals surface area (Å²) in [6.07, 6.45) is 0.106. The summed E-state index contributed by atoms with van der Waals surface area (Å²) in [5, 5.41) is 0. The standard InChI is InChI=1S/C10H17F2NO/c1-9(6-10(11,12)7-9)8-13-2-4-14-5-3-13/h2-8H2,1H3. The molecule has 0 aromatic heterocycles. The van der Waals surface area contributed by atoms with Gasteiger partial charge in [0.05, 0.1) is 13.2 Å². The molecular formula is C10H17F2NO. The number of ether oxygens (including phenoxy) is 1. The van der Waals surface area contributed by atoms with Crippen LogP contribution in [0.15, 0.2) is 0 Å². The quantitative estimate of drug-likeness (QED) is 0.681. The highest BCUT2D eigenvalue weighted by atomic mass is 19.3. The fourth-order valence-corrected chi connectivity index (χ4v) is 2.61. The Morgan fingerprint density at radius 1 is 1.21 bits per heavy atom. The molecule has 0 aromatic rings. The van der Waals surface area contributed by atoms with E-state index in [2.05, 4.69) is 4.90 Å². The predicted molar refractivity (Wildman–Crippen MR) is 49.5 cm³/mol. The van der Waals surface area contributed by atoms with Gasteiger partial charge in [-0.1, -0.05) is 6.92 Å². The largest absolute Gasteiger partial charge is 0.379 e. The van der Waals surface area contributed by atoms with E-state index in [1.165, 1.54) is 0 Å². The topological polar surface area (TPSA) is 12.5 Å². The zero-order chi connectivity index (χ0) is 10.2. The molecule has 4 heteroatoms. The lowest BCUT2D eigenvalue weighted by Gasteiger charge is -2.47. The lowest BCUT2D eigenvalue weighted by atomic mass is 9.67. The van der Waals surface area contributed by atoms with Gasteiger partial charge in [-0.15, -0.1) is 0 Å². The van der Waals surface area contributed by atoms with Gasteiger partial charge in [-0.3, -0.25) is 4.90 Å². The highest BCUT2D eigenvalue weighted by Crippen LogP contribution is 2.51. The van der Waals surface area contributed by atoms with Crippen molar-refractivity contribution in [2.24, 2.45) is 5.41 Å². The minimum absolute atomic E-state index is 0.0529. The molecule has 1 aliphatic heterocycles. The minimum atomic E-state index is -2.40. The molecule has 1 saturated carbocycles. The van der Waals surface area contributed by atoms with Crippen LogP contribution < -0.4 is 0 Å². The van der Waals surface area contributed by atoms with Crippen LogP contribution in [0.25, 0.3) is 0 Å². The van der Waals surface area contributed by atoms with Crippen LogP contribution in [0.1, 0.15) is 19.8 Å². The zero-order valence-electron chi connectivity index (χ0n) is 8.56. The molecule has 0 amide bonds. The third-order valence-electron chi connectivity index (χ3n) is 3.08. The number of hydrogen-bond donors (Lipinski definition) is 0. The number of morpholine rings is 1. The molecule has 14 heavy (non-hydrogen) atoms.